The third-order valence-corrected chi connectivity index (χ3v) is 8.65. The van der Waals surface area contributed by atoms with E-state index < -0.39 is 12.0 Å². The summed E-state index contributed by atoms with van der Waals surface area (Å²) in [6, 6.07) is 19.9. The molecule has 3 aromatic carbocycles. The van der Waals surface area contributed by atoms with Crippen LogP contribution in [0, 0.1) is 0 Å². The summed E-state index contributed by atoms with van der Waals surface area (Å²) in [7, 11) is 0. The number of esters is 1. The summed E-state index contributed by atoms with van der Waals surface area (Å²) in [5, 5.41) is 0.644. The van der Waals surface area contributed by atoms with Gasteiger partial charge in [0.15, 0.2) is 4.80 Å². The van der Waals surface area contributed by atoms with E-state index in [9.17, 15) is 9.59 Å². The van der Waals surface area contributed by atoms with Crippen LogP contribution in [-0.2, 0) is 16.1 Å². The molecular weight excluding hydrogens is 652 g/mol. The van der Waals surface area contributed by atoms with Gasteiger partial charge in [0, 0.05) is 10.6 Å². The number of halogens is 2. The molecule has 0 fully saturated rings. The largest absolute Gasteiger partial charge is 0.491 e. The summed E-state index contributed by atoms with van der Waals surface area (Å²) >= 11 is 11.1. The molecule has 5 rings (SSSR count). The Bertz CT molecular complexity index is 1880. The lowest BCUT2D eigenvalue weighted by Gasteiger charge is -2.25. The van der Waals surface area contributed by atoms with E-state index >= 15 is 0 Å². The second kappa shape index (κ2) is 13.3. The molecule has 1 aromatic heterocycles. The Balaban J connectivity index is 1.52. The molecule has 1 atom stereocenters. The number of fused-ring (bicyclic) bond motifs is 1. The van der Waals surface area contributed by atoms with Gasteiger partial charge < -0.3 is 14.2 Å². The van der Waals surface area contributed by atoms with E-state index in [0.717, 1.165) is 21.2 Å². The van der Waals surface area contributed by atoms with Crippen molar-refractivity contribution in [1.82, 2.24) is 4.57 Å². The summed E-state index contributed by atoms with van der Waals surface area (Å²) in [5.41, 5.74) is 3.04. The standard InChI is InChI=1S/C33H30BrClN2O5S/c1-5-40-32(39)29-20(4)36-33-37(30(29)22-11-13-24(14-12-22)42-19(2)3)31(38)28(43-33)17-21-10-15-27(25(34)16-21)41-18-23-8-6-7-9-26(23)35/h6-17,19,30H,5,18H2,1-4H3/b28-17-/t30-/m1/s1. The van der Waals surface area contributed by atoms with Gasteiger partial charge in [-0.05, 0) is 91.2 Å². The molecule has 4 aromatic rings. The van der Waals surface area contributed by atoms with Crippen molar-refractivity contribution in [2.45, 2.75) is 46.4 Å². The van der Waals surface area contributed by atoms with Gasteiger partial charge in [-0.15, -0.1) is 0 Å². The zero-order chi connectivity index (χ0) is 30.7. The number of nitrogens with zero attached hydrogens (tertiary/aromatic N) is 2. The Morgan fingerprint density at radius 3 is 2.56 bits per heavy atom. The average molecular weight is 682 g/mol. The Hall–Kier alpha value is -3.66. The number of carbonyl (C=O) groups excluding carboxylic acids is 1. The quantitative estimate of drug-likeness (QED) is 0.187. The van der Waals surface area contributed by atoms with E-state index in [1.807, 2.05) is 86.7 Å². The number of carbonyl (C=O) groups is 1. The van der Waals surface area contributed by atoms with Crippen molar-refractivity contribution in [2.24, 2.45) is 4.99 Å². The van der Waals surface area contributed by atoms with Gasteiger partial charge in [0.25, 0.3) is 5.56 Å². The van der Waals surface area contributed by atoms with E-state index in [4.69, 9.17) is 25.8 Å². The fraction of sp³-hybridized carbons (Fsp3) is 0.242. The molecule has 0 saturated heterocycles. The van der Waals surface area contributed by atoms with E-state index in [1.165, 1.54) is 11.3 Å². The highest BCUT2D eigenvalue weighted by Gasteiger charge is 2.33. The van der Waals surface area contributed by atoms with Crippen molar-refractivity contribution in [3.05, 3.63) is 124 Å². The molecule has 0 radical (unpaired) electrons. The van der Waals surface area contributed by atoms with Crippen LogP contribution in [-0.4, -0.2) is 23.2 Å². The molecule has 0 saturated carbocycles. The molecule has 10 heteroatoms. The minimum atomic E-state index is -0.696. The van der Waals surface area contributed by atoms with Gasteiger partial charge in [-0.2, -0.15) is 0 Å². The number of rotatable bonds is 9. The normalized spacial score (nSPS) is 14.9. The smallest absolute Gasteiger partial charge is 0.338 e. The topological polar surface area (TPSA) is 79.1 Å². The maximum atomic E-state index is 13.9. The summed E-state index contributed by atoms with van der Waals surface area (Å²) in [5.74, 6) is 0.856. The average Bonchev–Trinajstić information content (AvgIpc) is 3.26. The van der Waals surface area contributed by atoms with Gasteiger partial charge in [0.2, 0.25) is 0 Å². The molecule has 1 aliphatic rings. The van der Waals surface area contributed by atoms with Gasteiger partial charge in [0.1, 0.15) is 18.1 Å². The van der Waals surface area contributed by atoms with Crippen molar-refractivity contribution >= 4 is 50.9 Å². The first-order valence-corrected chi connectivity index (χ1v) is 15.8. The van der Waals surface area contributed by atoms with Gasteiger partial charge in [0.05, 0.1) is 39.0 Å². The second-order valence-corrected chi connectivity index (χ2v) is 12.4. The predicted molar refractivity (Wildman–Crippen MR) is 173 cm³/mol. The van der Waals surface area contributed by atoms with E-state index in [2.05, 4.69) is 20.9 Å². The van der Waals surface area contributed by atoms with Gasteiger partial charge >= 0.3 is 5.97 Å². The highest BCUT2D eigenvalue weighted by molar-refractivity contribution is 9.10. The van der Waals surface area contributed by atoms with Gasteiger partial charge in [-0.3, -0.25) is 9.36 Å². The van der Waals surface area contributed by atoms with Crippen LogP contribution in [0.1, 0.15) is 50.4 Å². The van der Waals surface area contributed by atoms with Crippen molar-refractivity contribution in [3.8, 4) is 11.5 Å². The van der Waals surface area contributed by atoms with Crippen LogP contribution in [0.4, 0.5) is 0 Å². The Kier molecular flexibility index (Phi) is 9.54. The van der Waals surface area contributed by atoms with Crippen LogP contribution in [0.2, 0.25) is 5.02 Å². The first kappa shape index (κ1) is 30.8. The van der Waals surface area contributed by atoms with Crippen molar-refractivity contribution in [2.75, 3.05) is 6.61 Å². The zero-order valence-corrected chi connectivity index (χ0v) is 27.3. The van der Waals surface area contributed by atoms with E-state index in [-0.39, 0.29) is 18.3 Å². The van der Waals surface area contributed by atoms with Crippen molar-refractivity contribution < 1.29 is 19.0 Å². The minimum absolute atomic E-state index is 0.0174. The summed E-state index contributed by atoms with van der Waals surface area (Å²) in [6.45, 7) is 7.96. The number of ether oxygens (including phenoxy) is 3. The lowest BCUT2D eigenvalue weighted by atomic mass is 9.96. The Labute approximate surface area is 266 Å². The molecule has 7 nitrogen and oxygen atoms in total. The first-order valence-electron chi connectivity index (χ1n) is 13.8. The number of benzene rings is 3. The van der Waals surface area contributed by atoms with Gasteiger partial charge in [-0.1, -0.05) is 59.3 Å². The summed E-state index contributed by atoms with van der Waals surface area (Å²) < 4.78 is 20.0. The van der Waals surface area contributed by atoms with Crippen molar-refractivity contribution in [1.29, 1.82) is 0 Å². The molecule has 1 aliphatic heterocycles. The van der Waals surface area contributed by atoms with Crippen LogP contribution in [0.3, 0.4) is 0 Å². The van der Waals surface area contributed by atoms with Crippen molar-refractivity contribution in [3.63, 3.8) is 0 Å². The van der Waals surface area contributed by atoms with Crippen LogP contribution in [0.25, 0.3) is 6.08 Å². The maximum absolute atomic E-state index is 13.9. The van der Waals surface area contributed by atoms with Crippen LogP contribution >= 0.6 is 38.9 Å². The molecule has 222 valence electrons. The fourth-order valence-corrected chi connectivity index (χ4v) is 6.50. The second-order valence-electron chi connectivity index (χ2n) is 10.1. The van der Waals surface area contributed by atoms with E-state index in [1.54, 1.807) is 18.4 Å². The number of aromatic nitrogens is 1. The summed E-state index contributed by atoms with van der Waals surface area (Å²) in [4.78, 5) is 32.2. The molecule has 43 heavy (non-hydrogen) atoms. The summed E-state index contributed by atoms with van der Waals surface area (Å²) in [6.07, 6.45) is 1.83. The lowest BCUT2D eigenvalue weighted by Crippen LogP contribution is -2.39. The van der Waals surface area contributed by atoms with Crippen LogP contribution in [0.5, 0.6) is 11.5 Å². The third kappa shape index (κ3) is 6.79. The highest BCUT2D eigenvalue weighted by atomic mass is 79.9. The predicted octanol–water partition coefficient (Wildman–Crippen LogP) is 6.58. The molecular formula is C33H30BrClN2O5S. The molecule has 0 spiro atoms. The molecule has 0 amide bonds. The van der Waals surface area contributed by atoms with Crippen LogP contribution in [0.15, 0.2) is 92.3 Å². The fourth-order valence-electron chi connectivity index (χ4n) is 4.75. The lowest BCUT2D eigenvalue weighted by molar-refractivity contribution is -0.139. The third-order valence-electron chi connectivity index (χ3n) is 6.68. The molecule has 0 N–H and O–H groups in total. The SMILES string of the molecule is CCOC(=O)C1=C(C)N=c2s/c(=C\c3ccc(OCc4ccccc4Cl)c(Br)c3)c(=O)n2[C@@H]1c1ccc(OC(C)C)cc1. The molecule has 0 unspecified atom stereocenters. The molecule has 0 bridgehead atoms. The highest BCUT2D eigenvalue weighted by Crippen LogP contribution is 2.32. The Morgan fingerprint density at radius 1 is 1.14 bits per heavy atom. The minimum Gasteiger partial charge on any atom is -0.491 e. The van der Waals surface area contributed by atoms with Gasteiger partial charge in [-0.25, -0.2) is 9.79 Å². The molecule has 0 aliphatic carbocycles. The maximum Gasteiger partial charge on any atom is 0.338 e. The first-order chi connectivity index (χ1) is 20.7. The monoisotopic (exact) mass is 680 g/mol. The molecule has 2 heterocycles. The van der Waals surface area contributed by atoms with E-state index in [0.29, 0.717) is 43.7 Å². The Morgan fingerprint density at radius 2 is 1.88 bits per heavy atom. The number of hydrogen-bond acceptors (Lipinski definition) is 7. The van der Waals surface area contributed by atoms with Crippen LogP contribution < -0.4 is 24.4 Å². The zero-order valence-electron chi connectivity index (χ0n) is 24.1. The number of thiazole rings is 1. The number of allylic oxidation sites excluding steroid dienone is 1. The number of hydrogen-bond donors (Lipinski definition) is 0.